The average molecular weight is 175 g/mol. The van der Waals surface area contributed by atoms with Crippen molar-refractivity contribution in [3.63, 3.8) is 0 Å². The van der Waals surface area contributed by atoms with Gasteiger partial charge in [-0.1, -0.05) is 20.8 Å². The van der Waals surface area contributed by atoms with Gasteiger partial charge in [0, 0.05) is 13.9 Å². The van der Waals surface area contributed by atoms with Gasteiger partial charge in [-0.05, 0) is 19.3 Å². The van der Waals surface area contributed by atoms with E-state index in [4.69, 9.17) is 0 Å². The Bertz CT molecular complexity index is 71.9. The molecule has 0 aromatic rings. The molecule has 0 N–H and O–H groups in total. The highest BCUT2D eigenvalue weighted by atomic mass is 31.2. The predicted octanol–water partition coefficient (Wildman–Crippen LogP) is 3.86. The minimum absolute atomic E-state index is 0.469. The molecule has 0 rings (SSSR count). The van der Waals surface area contributed by atoms with Gasteiger partial charge in [-0.15, -0.1) is 0 Å². The third-order valence-corrected chi connectivity index (χ3v) is 6.87. The normalized spacial score (nSPS) is 12.0. The average Bonchev–Trinajstić information content (AvgIpc) is 1.88. The van der Waals surface area contributed by atoms with Crippen LogP contribution in [0.3, 0.4) is 0 Å². The van der Waals surface area contributed by atoms with Crippen molar-refractivity contribution < 1.29 is 0 Å². The molecule has 0 amide bonds. The summed E-state index contributed by atoms with van der Waals surface area (Å²) in [6, 6.07) is 0. The van der Waals surface area contributed by atoms with Gasteiger partial charge >= 0.3 is 0 Å². The molecule has 0 fully saturated rings. The Kier molecular flexibility index (Phi) is 6.24. The van der Waals surface area contributed by atoms with E-state index in [1.807, 2.05) is 0 Å². The van der Waals surface area contributed by atoms with Crippen LogP contribution in [0.2, 0.25) is 0 Å². The molecule has 0 aromatic heterocycles. The molecular formula is C10H24P+. The first-order valence-corrected chi connectivity index (χ1v) is 7.81. The molecule has 68 valence electrons. The van der Waals surface area contributed by atoms with Crippen molar-refractivity contribution in [2.75, 3.05) is 25.2 Å². The first-order valence-electron chi connectivity index (χ1n) is 5.02. The zero-order valence-electron chi connectivity index (χ0n) is 8.69. The van der Waals surface area contributed by atoms with Crippen molar-refractivity contribution >= 4 is 7.26 Å². The lowest BCUT2D eigenvalue weighted by atomic mass is 10.6. The van der Waals surface area contributed by atoms with E-state index in [0.29, 0.717) is 0 Å². The van der Waals surface area contributed by atoms with Gasteiger partial charge in [-0.3, -0.25) is 0 Å². The summed E-state index contributed by atoms with van der Waals surface area (Å²) in [5.41, 5.74) is 0. The van der Waals surface area contributed by atoms with Crippen LogP contribution >= 0.6 is 7.26 Å². The van der Waals surface area contributed by atoms with E-state index < -0.39 is 7.26 Å². The highest BCUT2D eigenvalue weighted by molar-refractivity contribution is 7.75. The number of rotatable bonds is 6. The van der Waals surface area contributed by atoms with Crippen molar-refractivity contribution in [2.24, 2.45) is 0 Å². The third-order valence-electron chi connectivity index (χ3n) is 2.29. The fourth-order valence-electron chi connectivity index (χ4n) is 1.95. The van der Waals surface area contributed by atoms with Gasteiger partial charge in [-0.25, -0.2) is 0 Å². The summed E-state index contributed by atoms with van der Waals surface area (Å²) in [7, 11) is -0.469. The molecule has 0 aliphatic rings. The van der Waals surface area contributed by atoms with Crippen LogP contribution in [0.25, 0.3) is 0 Å². The zero-order valence-corrected chi connectivity index (χ0v) is 9.58. The molecule has 0 spiro atoms. The SMILES string of the molecule is CCC[P+](C)(CCC)CCC. The van der Waals surface area contributed by atoms with E-state index >= 15 is 0 Å². The Morgan fingerprint density at radius 1 is 0.727 bits per heavy atom. The van der Waals surface area contributed by atoms with Gasteiger partial charge in [-0.2, -0.15) is 0 Å². The van der Waals surface area contributed by atoms with E-state index in [-0.39, 0.29) is 0 Å². The van der Waals surface area contributed by atoms with Crippen LogP contribution < -0.4 is 0 Å². The Hall–Kier alpha value is 0.430. The van der Waals surface area contributed by atoms with E-state index in [1.165, 1.54) is 37.7 Å². The number of hydrogen-bond acceptors (Lipinski definition) is 0. The summed E-state index contributed by atoms with van der Waals surface area (Å²) in [6.07, 6.45) is 8.75. The first kappa shape index (κ1) is 11.4. The second-order valence-electron chi connectivity index (χ2n) is 3.79. The molecule has 0 nitrogen and oxygen atoms in total. The van der Waals surface area contributed by atoms with E-state index in [2.05, 4.69) is 27.4 Å². The van der Waals surface area contributed by atoms with Gasteiger partial charge in [0.05, 0.1) is 18.5 Å². The largest absolute Gasteiger partial charge is 0.0619 e. The van der Waals surface area contributed by atoms with Gasteiger partial charge < -0.3 is 0 Å². The van der Waals surface area contributed by atoms with E-state index in [9.17, 15) is 0 Å². The first-order chi connectivity index (χ1) is 5.18. The van der Waals surface area contributed by atoms with Crippen molar-refractivity contribution in [3.8, 4) is 0 Å². The van der Waals surface area contributed by atoms with E-state index in [0.717, 1.165) is 0 Å². The summed E-state index contributed by atoms with van der Waals surface area (Å²) >= 11 is 0. The molecule has 0 aromatic carbocycles. The fraction of sp³-hybridized carbons (Fsp3) is 1.00. The third kappa shape index (κ3) is 4.80. The maximum Gasteiger partial charge on any atom is 0.0589 e. The Balaban J connectivity index is 3.79. The minimum atomic E-state index is -0.469. The van der Waals surface area contributed by atoms with Gasteiger partial charge in [0.25, 0.3) is 0 Å². The summed E-state index contributed by atoms with van der Waals surface area (Å²) in [5, 5.41) is 0. The van der Waals surface area contributed by atoms with E-state index in [1.54, 1.807) is 0 Å². The summed E-state index contributed by atoms with van der Waals surface area (Å²) in [5.74, 6) is 0. The summed E-state index contributed by atoms with van der Waals surface area (Å²) in [4.78, 5) is 0. The van der Waals surface area contributed by atoms with Crippen molar-refractivity contribution in [1.82, 2.24) is 0 Å². The Labute approximate surface area is 73.1 Å². The molecule has 0 bridgehead atoms. The quantitative estimate of drug-likeness (QED) is 0.538. The Morgan fingerprint density at radius 2 is 1.00 bits per heavy atom. The molecule has 0 aliphatic carbocycles. The van der Waals surface area contributed by atoms with Gasteiger partial charge in [0.2, 0.25) is 0 Å². The van der Waals surface area contributed by atoms with Crippen LogP contribution in [0.4, 0.5) is 0 Å². The molecule has 0 saturated heterocycles. The minimum Gasteiger partial charge on any atom is -0.0619 e. The van der Waals surface area contributed by atoms with Crippen molar-refractivity contribution in [1.29, 1.82) is 0 Å². The maximum atomic E-state index is 2.56. The summed E-state index contributed by atoms with van der Waals surface area (Å²) in [6.45, 7) is 9.53. The van der Waals surface area contributed by atoms with Crippen LogP contribution in [-0.4, -0.2) is 25.2 Å². The van der Waals surface area contributed by atoms with Gasteiger partial charge in [0.1, 0.15) is 0 Å². The van der Waals surface area contributed by atoms with Gasteiger partial charge in [0.15, 0.2) is 0 Å². The Morgan fingerprint density at radius 3 is 1.18 bits per heavy atom. The molecule has 0 heterocycles. The lowest BCUT2D eigenvalue weighted by Crippen LogP contribution is -2.05. The van der Waals surface area contributed by atoms with Crippen LogP contribution in [0, 0.1) is 0 Å². The fourth-order valence-corrected chi connectivity index (χ4v) is 5.86. The van der Waals surface area contributed by atoms with Crippen molar-refractivity contribution in [2.45, 2.75) is 40.0 Å². The summed E-state index contributed by atoms with van der Waals surface area (Å²) < 4.78 is 0. The molecule has 0 radical (unpaired) electrons. The van der Waals surface area contributed by atoms with Crippen LogP contribution in [-0.2, 0) is 0 Å². The van der Waals surface area contributed by atoms with Crippen LogP contribution in [0.5, 0.6) is 0 Å². The molecule has 0 atom stereocenters. The molecule has 0 saturated carbocycles. The van der Waals surface area contributed by atoms with Crippen LogP contribution in [0.15, 0.2) is 0 Å². The highest BCUT2D eigenvalue weighted by Gasteiger charge is 2.27. The maximum absolute atomic E-state index is 2.56. The lowest BCUT2D eigenvalue weighted by Gasteiger charge is -2.21. The van der Waals surface area contributed by atoms with Crippen LogP contribution in [0.1, 0.15) is 40.0 Å². The standard InChI is InChI=1S/C10H24P/c1-5-8-11(4,9-6-2)10-7-3/h5-10H2,1-4H3/q+1. The molecule has 0 aliphatic heterocycles. The number of hydrogen-bond donors (Lipinski definition) is 0. The topological polar surface area (TPSA) is 0 Å². The molecule has 1 heteroatoms. The monoisotopic (exact) mass is 175 g/mol. The predicted molar refractivity (Wildman–Crippen MR) is 58.3 cm³/mol. The highest BCUT2D eigenvalue weighted by Crippen LogP contribution is 2.56. The molecular weight excluding hydrogens is 151 g/mol. The van der Waals surface area contributed by atoms with Crippen molar-refractivity contribution in [3.05, 3.63) is 0 Å². The zero-order chi connectivity index (χ0) is 8.74. The molecule has 0 unspecified atom stereocenters. The second-order valence-corrected chi connectivity index (χ2v) is 8.37. The molecule has 11 heavy (non-hydrogen) atoms. The second kappa shape index (κ2) is 6.00. The smallest absolute Gasteiger partial charge is 0.0589 e. The lowest BCUT2D eigenvalue weighted by molar-refractivity contribution is 1.00.